The maximum absolute atomic E-state index is 9.95. The molecule has 2 heterocycles. The van der Waals surface area contributed by atoms with Gasteiger partial charge in [0.1, 0.15) is 11.1 Å². The molecule has 3 aromatic rings. The zero-order valence-corrected chi connectivity index (χ0v) is 10.3. The topological polar surface area (TPSA) is 24.3 Å². The molecule has 3 rings (SSSR count). The molecule has 0 radical (unpaired) electrons. The van der Waals surface area contributed by atoms with Gasteiger partial charge in [-0.2, -0.15) is 4.40 Å². The van der Waals surface area contributed by atoms with Gasteiger partial charge in [0, 0.05) is 18.2 Å². The Labute approximate surface area is 109 Å². The molecule has 0 spiro atoms. The smallest absolute Gasteiger partial charge is 0.223 e. The van der Waals surface area contributed by atoms with Crippen molar-refractivity contribution in [3.63, 3.8) is 0 Å². The minimum atomic E-state index is 0. The van der Waals surface area contributed by atoms with Crippen LogP contribution in [0.25, 0.3) is 16.4 Å². The lowest BCUT2D eigenvalue weighted by Crippen LogP contribution is -3.00. The van der Waals surface area contributed by atoms with E-state index < -0.39 is 0 Å². The SMILES string of the molecule is Oc1cc2cccc[n+]2c2cccc(Cl)c12.[Cl-]. The summed E-state index contributed by atoms with van der Waals surface area (Å²) in [6.45, 7) is 0. The summed E-state index contributed by atoms with van der Waals surface area (Å²) >= 11 is 6.09. The highest BCUT2D eigenvalue weighted by molar-refractivity contribution is 6.35. The molecule has 1 aromatic carbocycles. The highest BCUT2D eigenvalue weighted by Gasteiger charge is 2.14. The van der Waals surface area contributed by atoms with Crippen LogP contribution >= 0.6 is 11.6 Å². The van der Waals surface area contributed by atoms with Crippen LogP contribution in [0.5, 0.6) is 5.75 Å². The van der Waals surface area contributed by atoms with Gasteiger partial charge in [-0.05, 0) is 12.1 Å². The summed E-state index contributed by atoms with van der Waals surface area (Å²) in [6.07, 6.45) is 1.95. The van der Waals surface area contributed by atoms with Crippen molar-refractivity contribution in [1.29, 1.82) is 0 Å². The molecule has 0 aliphatic carbocycles. The monoisotopic (exact) mass is 265 g/mol. The Morgan fingerprint density at radius 1 is 1.06 bits per heavy atom. The van der Waals surface area contributed by atoms with Crippen LogP contribution in [0.1, 0.15) is 0 Å². The Morgan fingerprint density at radius 2 is 1.88 bits per heavy atom. The highest BCUT2D eigenvalue weighted by atomic mass is 35.5. The minimum absolute atomic E-state index is 0. The van der Waals surface area contributed by atoms with Crippen LogP contribution in [0.15, 0.2) is 48.7 Å². The van der Waals surface area contributed by atoms with E-state index in [9.17, 15) is 5.11 Å². The third-order valence-electron chi connectivity index (χ3n) is 2.68. The number of benzene rings is 1. The quantitative estimate of drug-likeness (QED) is 0.447. The maximum atomic E-state index is 9.95. The van der Waals surface area contributed by atoms with Crippen LogP contribution in [0.2, 0.25) is 5.02 Å². The number of nitrogens with zero attached hydrogens (tertiary/aromatic N) is 1. The van der Waals surface area contributed by atoms with Crippen molar-refractivity contribution in [1.82, 2.24) is 0 Å². The molecule has 0 saturated heterocycles. The molecule has 0 atom stereocenters. The molecular weight excluding hydrogens is 257 g/mol. The summed E-state index contributed by atoms with van der Waals surface area (Å²) in [6, 6.07) is 13.1. The van der Waals surface area contributed by atoms with Crippen LogP contribution in [0.4, 0.5) is 0 Å². The number of hydrogen-bond donors (Lipinski definition) is 1. The van der Waals surface area contributed by atoms with Gasteiger partial charge in [0.05, 0.1) is 11.1 Å². The summed E-state index contributed by atoms with van der Waals surface area (Å²) in [5.74, 6) is 0.215. The molecule has 2 nitrogen and oxygen atoms in total. The Morgan fingerprint density at radius 3 is 2.71 bits per heavy atom. The second-order valence-electron chi connectivity index (χ2n) is 3.66. The molecule has 0 aliphatic heterocycles. The van der Waals surface area contributed by atoms with E-state index in [4.69, 9.17) is 11.6 Å². The third-order valence-corrected chi connectivity index (χ3v) is 3.00. The van der Waals surface area contributed by atoms with E-state index in [1.54, 1.807) is 12.1 Å². The average molecular weight is 266 g/mol. The standard InChI is InChI=1S/C13H8ClNO.ClH/c14-10-5-3-6-11-13(10)12(16)8-9-4-1-2-7-15(9)11;/h1-8H;1H. The number of hydrogen-bond acceptors (Lipinski definition) is 1. The largest absolute Gasteiger partial charge is 1.00 e. The summed E-state index contributed by atoms with van der Waals surface area (Å²) in [4.78, 5) is 0. The Balaban J connectivity index is 0.00000108. The predicted octanol–water partition coefficient (Wildman–Crippen LogP) is -0.0585. The second kappa shape index (κ2) is 4.40. The summed E-state index contributed by atoms with van der Waals surface area (Å²) < 4.78 is 2.00. The van der Waals surface area contributed by atoms with Gasteiger partial charge in [-0.25, -0.2) is 0 Å². The predicted molar refractivity (Wildman–Crippen MR) is 63.8 cm³/mol. The van der Waals surface area contributed by atoms with E-state index in [0.29, 0.717) is 10.4 Å². The number of pyridine rings is 2. The van der Waals surface area contributed by atoms with E-state index in [1.165, 1.54) is 0 Å². The molecule has 0 bridgehead atoms. The van der Waals surface area contributed by atoms with Crippen LogP contribution in [-0.4, -0.2) is 5.11 Å². The Kier molecular flexibility index (Phi) is 3.09. The third kappa shape index (κ3) is 1.79. The van der Waals surface area contributed by atoms with E-state index in [-0.39, 0.29) is 18.2 Å². The normalized spacial score (nSPS) is 10.4. The molecule has 0 fully saturated rings. The fraction of sp³-hybridized carbons (Fsp3) is 0. The molecule has 1 N–H and O–H groups in total. The molecule has 17 heavy (non-hydrogen) atoms. The first-order valence-electron chi connectivity index (χ1n) is 4.98. The van der Waals surface area contributed by atoms with Crippen LogP contribution in [0.3, 0.4) is 0 Å². The van der Waals surface area contributed by atoms with Crippen molar-refractivity contribution in [2.24, 2.45) is 0 Å². The number of rotatable bonds is 0. The minimum Gasteiger partial charge on any atom is -1.00 e. The first-order valence-corrected chi connectivity index (χ1v) is 5.36. The lowest BCUT2D eigenvalue weighted by molar-refractivity contribution is -0.481. The summed E-state index contributed by atoms with van der Waals surface area (Å²) in [7, 11) is 0. The van der Waals surface area contributed by atoms with Gasteiger partial charge in [-0.3, -0.25) is 0 Å². The van der Waals surface area contributed by atoms with Crippen molar-refractivity contribution in [3.05, 3.63) is 53.7 Å². The summed E-state index contributed by atoms with van der Waals surface area (Å²) in [5, 5.41) is 11.2. The average Bonchev–Trinajstić information content (AvgIpc) is 2.29. The van der Waals surface area contributed by atoms with Gasteiger partial charge in [0.2, 0.25) is 11.0 Å². The zero-order chi connectivity index (χ0) is 11.1. The van der Waals surface area contributed by atoms with E-state index in [0.717, 1.165) is 11.0 Å². The fourth-order valence-electron chi connectivity index (χ4n) is 1.97. The maximum Gasteiger partial charge on any atom is 0.223 e. The van der Waals surface area contributed by atoms with E-state index >= 15 is 0 Å². The molecule has 2 aromatic heterocycles. The van der Waals surface area contributed by atoms with Crippen molar-refractivity contribution in [2.75, 3.05) is 0 Å². The van der Waals surface area contributed by atoms with Gasteiger partial charge in [-0.15, -0.1) is 0 Å². The second-order valence-corrected chi connectivity index (χ2v) is 4.07. The van der Waals surface area contributed by atoms with Crippen molar-refractivity contribution >= 4 is 28.0 Å². The van der Waals surface area contributed by atoms with Gasteiger partial charge < -0.3 is 17.5 Å². The van der Waals surface area contributed by atoms with Crippen molar-refractivity contribution in [2.45, 2.75) is 0 Å². The van der Waals surface area contributed by atoms with Crippen LogP contribution < -0.4 is 16.8 Å². The molecule has 86 valence electrons. The van der Waals surface area contributed by atoms with Gasteiger partial charge in [0.25, 0.3) is 0 Å². The molecule has 0 amide bonds. The van der Waals surface area contributed by atoms with Crippen LogP contribution in [0, 0.1) is 0 Å². The lowest BCUT2D eigenvalue weighted by Gasteiger charge is -2.01. The first-order chi connectivity index (χ1) is 7.77. The van der Waals surface area contributed by atoms with Gasteiger partial charge in [-0.1, -0.05) is 17.7 Å². The Bertz CT molecular complexity index is 697. The zero-order valence-electron chi connectivity index (χ0n) is 8.77. The fourth-order valence-corrected chi connectivity index (χ4v) is 2.24. The number of aromatic hydroxyl groups is 1. The highest BCUT2D eigenvalue weighted by Crippen LogP contribution is 2.29. The van der Waals surface area contributed by atoms with Gasteiger partial charge >= 0.3 is 0 Å². The lowest BCUT2D eigenvalue weighted by atomic mass is 10.1. The first kappa shape index (κ1) is 12.0. The molecule has 4 heteroatoms. The van der Waals surface area contributed by atoms with Crippen molar-refractivity contribution in [3.8, 4) is 5.75 Å². The van der Waals surface area contributed by atoms with Crippen LogP contribution in [-0.2, 0) is 0 Å². The number of halogens is 2. The van der Waals surface area contributed by atoms with Gasteiger partial charge in [0.15, 0.2) is 6.20 Å². The number of fused-ring (bicyclic) bond motifs is 3. The molecule has 0 saturated carbocycles. The Hall–Kier alpha value is -1.51. The van der Waals surface area contributed by atoms with E-state index in [2.05, 4.69) is 0 Å². The molecular formula is C13H9Cl2NO. The molecule has 0 unspecified atom stereocenters. The van der Waals surface area contributed by atoms with E-state index in [1.807, 2.05) is 40.9 Å². The van der Waals surface area contributed by atoms with Crippen molar-refractivity contribution < 1.29 is 21.9 Å². The molecule has 0 aliphatic rings. The summed E-state index contributed by atoms with van der Waals surface area (Å²) in [5.41, 5.74) is 1.85. The number of aromatic nitrogens is 1.